The molecule has 2 heterocycles. The van der Waals surface area contributed by atoms with Gasteiger partial charge in [0.05, 0.1) is 24.5 Å². The quantitative estimate of drug-likeness (QED) is 0.376. The van der Waals surface area contributed by atoms with Crippen LogP contribution in [0.3, 0.4) is 0 Å². The molecule has 158 valence electrons. The summed E-state index contributed by atoms with van der Waals surface area (Å²) >= 11 is 0. The summed E-state index contributed by atoms with van der Waals surface area (Å²) in [5.41, 5.74) is 2.07. The third-order valence-electron chi connectivity index (χ3n) is 5.16. The number of amides is 1. The third-order valence-corrected chi connectivity index (χ3v) is 5.16. The fraction of sp³-hybridized carbons (Fsp3) is 0.167. The van der Waals surface area contributed by atoms with Gasteiger partial charge in [0, 0.05) is 5.69 Å². The summed E-state index contributed by atoms with van der Waals surface area (Å²) in [6.07, 6.45) is 1.42. The largest absolute Gasteiger partial charge is 0.507 e. The van der Waals surface area contributed by atoms with Crippen LogP contribution in [-0.2, 0) is 9.59 Å². The van der Waals surface area contributed by atoms with Gasteiger partial charge < -0.3 is 14.3 Å². The first-order chi connectivity index (χ1) is 14.8. The highest BCUT2D eigenvalue weighted by atomic mass is 19.1. The topological polar surface area (TPSA) is 80.0 Å². The van der Waals surface area contributed by atoms with Gasteiger partial charge >= 0.3 is 0 Å². The summed E-state index contributed by atoms with van der Waals surface area (Å²) in [5, 5.41) is 11.1. The maximum absolute atomic E-state index is 13.9. The number of benzene rings is 2. The number of anilines is 1. The number of carbonyl (C=O) groups excluding carboxylic acids is 2. The van der Waals surface area contributed by atoms with Crippen LogP contribution in [0.2, 0.25) is 0 Å². The molecular formula is C24H20FNO5. The second-order valence-corrected chi connectivity index (χ2v) is 7.38. The molecule has 1 aliphatic rings. The molecule has 6 nitrogen and oxygen atoms in total. The monoisotopic (exact) mass is 421 g/mol. The van der Waals surface area contributed by atoms with Gasteiger partial charge in [-0.1, -0.05) is 6.07 Å². The van der Waals surface area contributed by atoms with E-state index in [2.05, 4.69) is 0 Å². The molecule has 0 radical (unpaired) electrons. The fourth-order valence-electron chi connectivity index (χ4n) is 3.91. The van der Waals surface area contributed by atoms with E-state index in [0.29, 0.717) is 5.69 Å². The number of hydrogen-bond donors (Lipinski definition) is 1. The molecule has 7 heteroatoms. The molecule has 1 aliphatic heterocycles. The molecule has 1 N–H and O–H groups in total. The number of aliphatic hydroxyl groups is 1. The number of furan rings is 1. The highest BCUT2D eigenvalue weighted by Gasteiger charge is 2.48. The van der Waals surface area contributed by atoms with Gasteiger partial charge in [0.25, 0.3) is 11.7 Å². The molecule has 1 aromatic heterocycles. The molecule has 0 spiro atoms. The maximum atomic E-state index is 13.9. The number of hydrogen-bond acceptors (Lipinski definition) is 5. The normalized spacial score (nSPS) is 17.9. The summed E-state index contributed by atoms with van der Waals surface area (Å²) in [6, 6.07) is 11.3. The second kappa shape index (κ2) is 7.75. The molecule has 2 aromatic carbocycles. The zero-order chi connectivity index (χ0) is 22.3. The second-order valence-electron chi connectivity index (χ2n) is 7.38. The Balaban J connectivity index is 1.98. The number of methoxy groups -OCH3 is 1. The highest BCUT2D eigenvalue weighted by molar-refractivity contribution is 6.51. The first-order valence-corrected chi connectivity index (χ1v) is 9.58. The van der Waals surface area contributed by atoms with Crippen LogP contribution in [0, 0.1) is 19.7 Å². The molecule has 0 bridgehead atoms. The Hall–Kier alpha value is -3.87. The van der Waals surface area contributed by atoms with Crippen LogP contribution in [0.1, 0.15) is 28.5 Å². The maximum Gasteiger partial charge on any atom is 0.300 e. The minimum absolute atomic E-state index is 0.0301. The lowest BCUT2D eigenvalue weighted by Crippen LogP contribution is -2.29. The van der Waals surface area contributed by atoms with Crippen molar-refractivity contribution >= 4 is 23.1 Å². The molecule has 0 aliphatic carbocycles. The Labute approximate surface area is 178 Å². The van der Waals surface area contributed by atoms with Crippen molar-refractivity contribution in [2.75, 3.05) is 12.0 Å². The Morgan fingerprint density at radius 3 is 2.42 bits per heavy atom. The number of carbonyl (C=O) groups is 2. The minimum atomic E-state index is -1.02. The van der Waals surface area contributed by atoms with Crippen molar-refractivity contribution < 1.29 is 28.2 Å². The highest BCUT2D eigenvalue weighted by Crippen LogP contribution is 2.43. The van der Waals surface area contributed by atoms with Crippen molar-refractivity contribution in [1.29, 1.82) is 0 Å². The molecule has 1 amide bonds. The number of aryl methyl sites for hydroxylation is 2. The molecule has 1 fully saturated rings. The van der Waals surface area contributed by atoms with E-state index in [-0.39, 0.29) is 22.6 Å². The first-order valence-electron chi connectivity index (χ1n) is 9.58. The molecule has 1 saturated heterocycles. The van der Waals surface area contributed by atoms with E-state index < -0.39 is 29.3 Å². The summed E-state index contributed by atoms with van der Waals surface area (Å²) in [6.45, 7) is 3.76. The van der Waals surface area contributed by atoms with Gasteiger partial charge in [-0.2, -0.15) is 0 Å². The molecule has 1 unspecified atom stereocenters. The summed E-state index contributed by atoms with van der Waals surface area (Å²) in [4.78, 5) is 27.5. The predicted octanol–water partition coefficient (Wildman–Crippen LogP) is 4.67. The zero-order valence-corrected chi connectivity index (χ0v) is 17.2. The van der Waals surface area contributed by atoms with Gasteiger partial charge in [-0.3, -0.25) is 14.5 Å². The van der Waals surface area contributed by atoms with E-state index in [9.17, 15) is 19.1 Å². The number of nitrogens with zero attached hydrogens (tertiary/aromatic N) is 1. The third kappa shape index (κ3) is 3.48. The van der Waals surface area contributed by atoms with Crippen molar-refractivity contribution in [1.82, 2.24) is 0 Å². The van der Waals surface area contributed by atoms with Crippen LogP contribution >= 0.6 is 0 Å². The molecule has 0 saturated carbocycles. The van der Waals surface area contributed by atoms with E-state index in [1.54, 1.807) is 24.3 Å². The van der Waals surface area contributed by atoms with Crippen molar-refractivity contribution in [2.45, 2.75) is 19.9 Å². The number of ether oxygens (including phenoxy) is 1. The number of rotatable bonds is 4. The first kappa shape index (κ1) is 20.4. The number of ketones is 1. The zero-order valence-electron chi connectivity index (χ0n) is 17.2. The number of Topliss-reactive ketones (excluding diaryl/α,β-unsaturated/α-hetero) is 1. The van der Waals surface area contributed by atoms with Gasteiger partial charge in [0.15, 0.2) is 0 Å². The van der Waals surface area contributed by atoms with Gasteiger partial charge in [-0.15, -0.1) is 0 Å². The van der Waals surface area contributed by atoms with E-state index in [4.69, 9.17) is 9.15 Å². The Kier molecular flexibility index (Phi) is 5.10. The molecule has 4 rings (SSSR count). The van der Waals surface area contributed by atoms with E-state index >= 15 is 0 Å². The predicted molar refractivity (Wildman–Crippen MR) is 112 cm³/mol. The average molecular weight is 421 g/mol. The van der Waals surface area contributed by atoms with E-state index in [0.717, 1.165) is 17.2 Å². The lowest BCUT2D eigenvalue weighted by Gasteiger charge is -2.24. The molecule has 3 aromatic rings. The van der Waals surface area contributed by atoms with E-state index in [1.807, 2.05) is 19.9 Å². The molecule has 31 heavy (non-hydrogen) atoms. The van der Waals surface area contributed by atoms with E-state index in [1.165, 1.54) is 30.4 Å². The lowest BCUT2D eigenvalue weighted by atomic mass is 9.98. The lowest BCUT2D eigenvalue weighted by molar-refractivity contribution is -0.132. The Morgan fingerprint density at radius 1 is 1.10 bits per heavy atom. The smallest absolute Gasteiger partial charge is 0.300 e. The summed E-state index contributed by atoms with van der Waals surface area (Å²) < 4.78 is 24.7. The Morgan fingerprint density at radius 2 is 1.81 bits per heavy atom. The van der Waals surface area contributed by atoms with Crippen LogP contribution in [0.25, 0.3) is 5.76 Å². The van der Waals surface area contributed by atoms with Crippen molar-refractivity contribution in [3.63, 3.8) is 0 Å². The minimum Gasteiger partial charge on any atom is -0.507 e. The van der Waals surface area contributed by atoms with Crippen LogP contribution in [0.5, 0.6) is 5.75 Å². The summed E-state index contributed by atoms with van der Waals surface area (Å²) in [7, 11) is 1.36. The molecular weight excluding hydrogens is 401 g/mol. The SMILES string of the molecule is COc1ccc(F)cc1/C(O)=C1/C(=O)C(=O)N(c2cc(C)cc(C)c2)C1c1ccco1. The summed E-state index contributed by atoms with van der Waals surface area (Å²) in [5.74, 6) is -2.43. The van der Waals surface area contributed by atoms with Crippen molar-refractivity contribution in [3.05, 3.63) is 88.6 Å². The van der Waals surface area contributed by atoms with Crippen LogP contribution in [0.15, 0.2) is 64.8 Å². The van der Waals surface area contributed by atoms with Crippen molar-refractivity contribution in [2.24, 2.45) is 0 Å². The molecule has 1 atom stereocenters. The standard InChI is InChI=1S/C24H20FNO5/c1-13-9-14(2)11-16(10-13)26-21(19-5-4-8-31-19)20(23(28)24(26)29)22(27)17-12-15(25)6-7-18(17)30-3/h4-12,21,27H,1-3H3/b22-20-. The Bertz CT molecular complexity index is 1190. The van der Waals surface area contributed by atoms with Crippen LogP contribution < -0.4 is 9.64 Å². The van der Waals surface area contributed by atoms with Crippen LogP contribution in [0.4, 0.5) is 10.1 Å². The average Bonchev–Trinajstić information content (AvgIpc) is 3.34. The van der Waals surface area contributed by atoms with Crippen LogP contribution in [-0.4, -0.2) is 23.9 Å². The van der Waals surface area contributed by atoms with Gasteiger partial charge in [-0.25, -0.2) is 4.39 Å². The van der Waals surface area contributed by atoms with Gasteiger partial charge in [0.2, 0.25) is 0 Å². The fourth-order valence-corrected chi connectivity index (χ4v) is 3.91. The van der Waals surface area contributed by atoms with Gasteiger partial charge in [0.1, 0.15) is 29.1 Å². The number of aliphatic hydroxyl groups excluding tert-OH is 1. The van der Waals surface area contributed by atoms with Gasteiger partial charge in [-0.05, 0) is 67.4 Å². The number of halogens is 1. The van der Waals surface area contributed by atoms with Crippen molar-refractivity contribution in [3.8, 4) is 5.75 Å².